The summed E-state index contributed by atoms with van der Waals surface area (Å²) in [5, 5.41) is 3.84. The van der Waals surface area contributed by atoms with Crippen molar-refractivity contribution < 1.29 is 0 Å². The van der Waals surface area contributed by atoms with Crippen molar-refractivity contribution in [3.8, 4) is 0 Å². The zero-order valence-corrected chi connectivity index (χ0v) is 12.1. The molecule has 0 amide bonds. The van der Waals surface area contributed by atoms with Crippen LogP contribution in [0.25, 0.3) is 10.9 Å². The second kappa shape index (κ2) is 5.54. The van der Waals surface area contributed by atoms with Crippen molar-refractivity contribution in [1.82, 2.24) is 19.9 Å². The van der Waals surface area contributed by atoms with Crippen molar-refractivity contribution in [1.29, 1.82) is 0 Å². The highest BCUT2D eigenvalue weighted by atomic mass is 16.1. The molecule has 3 rings (SSSR count). The van der Waals surface area contributed by atoms with Crippen LogP contribution in [0.1, 0.15) is 24.5 Å². The Bertz CT molecular complexity index is 818. The molecule has 108 valence electrons. The van der Waals surface area contributed by atoms with Crippen LogP contribution in [-0.2, 0) is 6.54 Å². The first-order valence-electron chi connectivity index (χ1n) is 6.99. The molecule has 5 heteroatoms. The fraction of sp³-hybridized carbons (Fsp3) is 0.250. The van der Waals surface area contributed by atoms with E-state index in [-0.39, 0.29) is 11.6 Å². The van der Waals surface area contributed by atoms with E-state index in [1.165, 1.54) is 0 Å². The number of nitrogens with zero attached hydrogens (tertiary/aromatic N) is 2. The van der Waals surface area contributed by atoms with Crippen molar-refractivity contribution in [2.24, 2.45) is 0 Å². The summed E-state index contributed by atoms with van der Waals surface area (Å²) >= 11 is 0. The average Bonchev–Trinajstić information content (AvgIpc) is 2.94. The molecule has 3 aromatic rings. The molecule has 0 bridgehead atoms. The van der Waals surface area contributed by atoms with Crippen molar-refractivity contribution in [3.05, 3.63) is 64.5 Å². The SMILES string of the molecule is CNC(C)c1cccn1Cc1nc2ccccc2c(=O)[nH]1. The van der Waals surface area contributed by atoms with Crippen LogP contribution in [0, 0.1) is 0 Å². The fourth-order valence-electron chi connectivity index (χ4n) is 2.48. The van der Waals surface area contributed by atoms with E-state index in [0.717, 1.165) is 11.2 Å². The van der Waals surface area contributed by atoms with Gasteiger partial charge in [-0.05, 0) is 38.2 Å². The molecule has 0 aliphatic carbocycles. The van der Waals surface area contributed by atoms with Crippen LogP contribution < -0.4 is 10.9 Å². The Morgan fingerprint density at radius 1 is 1.29 bits per heavy atom. The maximum atomic E-state index is 12.1. The van der Waals surface area contributed by atoms with Gasteiger partial charge in [-0.3, -0.25) is 4.79 Å². The first-order chi connectivity index (χ1) is 10.2. The predicted molar refractivity (Wildman–Crippen MR) is 83.4 cm³/mol. The van der Waals surface area contributed by atoms with Gasteiger partial charge >= 0.3 is 0 Å². The number of fused-ring (bicyclic) bond motifs is 1. The van der Waals surface area contributed by atoms with Crippen LogP contribution in [0.2, 0.25) is 0 Å². The third kappa shape index (κ3) is 2.60. The Kier molecular flexibility index (Phi) is 3.58. The highest BCUT2D eigenvalue weighted by Crippen LogP contribution is 2.14. The van der Waals surface area contributed by atoms with E-state index < -0.39 is 0 Å². The fourth-order valence-corrected chi connectivity index (χ4v) is 2.48. The first kappa shape index (κ1) is 13.6. The van der Waals surface area contributed by atoms with Gasteiger partial charge in [0.25, 0.3) is 5.56 Å². The van der Waals surface area contributed by atoms with Gasteiger partial charge in [-0.1, -0.05) is 12.1 Å². The van der Waals surface area contributed by atoms with Gasteiger partial charge in [0, 0.05) is 17.9 Å². The lowest BCUT2D eigenvalue weighted by Crippen LogP contribution is -2.19. The lowest BCUT2D eigenvalue weighted by Gasteiger charge is -2.14. The smallest absolute Gasteiger partial charge is 0.258 e. The Morgan fingerprint density at radius 2 is 2.10 bits per heavy atom. The van der Waals surface area contributed by atoms with E-state index in [4.69, 9.17) is 0 Å². The van der Waals surface area contributed by atoms with Crippen LogP contribution in [0.4, 0.5) is 0 Å². The van der Waals surface area contributed by atoms with Gasteiger partial charge in [0.2, 0.25) is 0 Å². The number of aromatic amines is 1. The van der Waals surface area contributed by atoms with E-state index in [1.807, 2.05) is 37.5 Å². The van der Waals surface area contributed by atoms with Gasteiger partial charge in [-0.2, -0.15) is 0 Å². The summed E-state index contributed by atoms with van der Waals surface area (Å²) in [5.74, 6) is 0.666. The zero-order chi connectivity index (χ0) is 14.8. The Labute approximate surface area is 122 Å². The molecular formula is C16H18N4O. The molecule has 2 aromatic heterocycles. The molecule has 5 nitrogen and oxygen atoms in total. The number of benzene rings is 1. The van der Waals surface area contributed by atoms with Crippen molar-refractivity contribution >= 4 is 10.9 Å². The van der Waals surface area contributed by atoms with Crippen molar-refractivity contribution in [2.45, 2.75) is 19.5 Å². The normalized spacial score (nSPS) is 12.7. The molecule has 2 N–H and O–H groups in total. The Balaban J connectivity index is 1.99. The quantitative estimate of drug-likeness (QED) is 0.770. The molecule has 0 spiro atoms. The predicted octanol–water partition coefficient (Wildman–Crippen LogP) is 2.05. The molecule has 0 aliphatic rings. The van der Waals surface area contributed by atoms with Gasteiger partial charge in [0.05, 0.1) is 17.4 Å². The van der Waals surface area contributed by atoms with Crippen molar-refractivity contribution in [2.75, 3.05) is 7.05 Å². The molecule has 0 saturated heterocycles. The second-order valence-electron chi connectivity index (χ2n) is 5.10. The van der Waals surface area contributed by atoms with E-state index in [1.54, 1.807) is 6.07 Å². The summed E-state index contributed by atoms with van der Waals surface area (Å²) in [6, 6.07) is 11.7. The molecule has 0 aliphatic heterocycles. The van der Waals surface area contributed by atoms with Gasteiger partial charge in [0.1, 0.15) is 5.82 Å². The number of hydrogen-bond acceptors (Lipinski definition) is 3. The van der Waals surface area contributed by atoms with Gasteiger partial charge in [-0.25, -0.2) is 4.98 Å². The summed E-state index contributed by atoms with van der Waals surface area (Å²) in [7, 11) is 1.93. The summed E-state index contributed by atoms with van der Waals surface area (Å²) in [6.45, 7) is 2.65. The number of aromatic nitrogens is 3. The maximum Gasteiger partial charge on any atom is 0.258 e. The monoisotopic (exact) mass is 282 g/mol. The average molecular weight is 282 g/mol. The van der Waals surface area contributed by atoms with Crippen molar-refractivity contribution in [3.63, 3.8) is 0 Å². The lowest BCUT2D eigenvalue weighted by molar-refractivity contribution is 0.582. The molecule has 2 heterocycles. The van der Waals surface area contributed by atoms with E-state index in [2.05, 4.69) is 32.8 Å². The third-order valence-electron chi connectivity index (χ3n) is 3.72. The molecule has 1 atom stereocenters. The van der Waals surface area contributed by atoms with Gasteiger partial charge in [0.15, 0.2) is 0 Å². The number of rotatable bonds is 4. The van der Waals surface area contributed by atoms with E-state index >= 15 is 0 Å². The molecule has 0 radical (unpaired) electrons. The summed E-state index contributed by atoms with van der Waals surface area (Å²) < 4.78 is 2.09. The number of nitrogens with one attached hydrogen (secondary N) is 2. The lowest BCUT2D eigenvalue weighted by atomic mass is 10.2. The number of para-hydroxylation sites is 1. The molecule has 0 fully saturated rings. The first-order valence-corrected chi connectivity index (χ1v) is 6.99. The van der Waals surface area contributed by atoms with E-state index in [0.29, 0.717) is 17.8 Å². The highest BCUT2D eigenvalue weighted by Gasteiger charge is 2.10. The molecule has 0 saturated carbocycles. The van der Waals surface area contributed by atoms with Crippen LogP contribution in [0.3, 0.4) is 0 Å². The standard InChI is InChI=1S/C16H18N4O/c1-11(17-2)14-8-5-9-20(14)10-15-18-13-7-4-3-6-12(13)16(21)19-15/h3-9,11,17H,10H2,1-2H3,(H,18,19,21). The van der Waals surface area contributed by atoms with Crippen LogP contribution >= 0.6 is 0 Å². The number of hydrogen-bond donors (Lipinski definition) is 2. The third-order valence-corrected chi connectivity index (χ3v) is 3.72. The van der Waals surface area contributed by atoms with Crippen LogP contribution in [0.5, 0.6) is 0 Å². The van der Waals surface area contributed by atoms with Crippen LogP contribution in [0.15, 0.2) is 47.4 Å². The van der Waals surface area contributed by atoms with Gasteiger partial charge < -0.3 is 14.9 Å². The summed E-state index contributed by atoms with van der Waals surface area (Å²) in [6.07, 6.45) is 2.00. The minimum atomic E-state index is -0.0917. The van der Waals surface area contributed by atoms with Crippen LogP contribution in [-0.4, -0.2) is 21.6 Å². The molecule has 1 unspecified atom stereocenters. The summed E-state index contributed by atoms with van der Waals surface area (Å²) in [5.41, 5.74) is 1.80. The largest absolute Gasteiger partial charge is 0.342 e. The molecular weight excluding hydrogens is 264 g/mol. The molecule has 21 heavy (non-hydrogen) atoms. The maximum absolute atomic E-state index is 12.1. The molecule has 1 aromatic carbocycles. The van der Waals surface area contributed by atoms with Gasteiger partial charge in [-0.15, -0.1) is 0 Å². The Morgan fingerprint density at radius 3 is 2.90 bits per heavy atom. The topological polar surface area (TPSA) is 62.7 Å². The Hall–Kier alpha value is -2.40. The minimum Gasteiger partial charge on any atom is -0.342 e. The number of H-pyrrole nitrogens is 1. The second-order valence-corrected chi connectivity index (χ2v) is 5.10. The zero-order valence-electron chi connectivity index (χ0n) is 12.1. The highest BCUT2D eigenvalue weighted by molar-refractivity contribution is 5.77. The van der Waals surface area contributed by atoms with E-state index in [9.17, 15) is 4.79 Å². The summed E-state index contributed by atoms with van der Waals surface area (Å²) in [4.78, 5) is 19.5. The minimum absolute atomic E-state index is 0.0917.